The van der Waals surface area contributed by atoms with Gasteiger partial charge in [0, 0.05) is 12.4 Å². The quantitative estimate of drug-likeness (QED) is 0.825. The van der Waals surface area contributed by atoms with Crippen molar-refractivity contribution in [2.24, 2.45) is 5.92 Å². The van der Waals surface area contributed by atoms with E-state index < -0.39 is 0 Å². The Morgan fingerprint density at radius 3 is 2.81 bits per heavy atom. The summed E-state index contributed by atoms with van der Waals surface area (Å²) in [6.07, 6.45) is 6.49. The second kappa shape index (κ2) is 4.54. The molecular weight excluding hydrogens is 196 g/mol. The first-order chi connectivity index (χ1) is 7.55. The fourth-order valence-corrected chi connectivity index (χ4v) is 2.23. The Morgan fingerprint density at radius 1 is 1.38 bits per heavy atom. The first kappa shape index (κ1) is 11.6. The van der Waals surface area contributed by atoms with Crippen molar-refractivity contribution >= 4 is 0 Å². The molecule has 0 bridgehead atoms. The van der Waals surface area contributed by atoms with E-state index in [1.165, 1.54) is 37.1 Å². The highest BCUT2D eigenvalue weighted by Crippen LogP contribution is 2.23. The summed E-state index contributed by atoms with van der Waals surface area (Å²) >= 11 is 0. The molecule has 88 valence electrons. The second-order valence-corrected chi connectivity index (χ2v) is 5.89. The van der Waals surface area contributed by atoms with Crippen LogP contribution < -0.4 is 5.32 Å². The van der Waals surface area contributed by atoms with Gasteiger partial charge in [-0.25, -0.2) is 0 Å². The molecule has 1 N–H and O–H groups in total. The van der Waals surface area contributed by atoms with E-state index in [1.807, 2.05) is 12.4 Å². The Balaban J connectivity index is 2.09. The Bertz CT molecular complexity index is 346. The Labute approximate surface area is 98.5 Å². The largest absolute Gasteiger partial charge is 0.316 e. The van der Waals surface area contributed by atoms with Gasteiger partial charge in [-0.15, -0.1) is 0 Å². The van der Waals surface area contributed by atoms with Crippen LogP contribution in [-0.4, -0.2) is 18.1 Å². The molecule has 2 heterocycles. The molecule has 0 spiro atoms. The zero-order chi connectivity index (χ0) is 11.6. The van der Waals surface area contributed by atoms with Gasteiger partial charge < -0.3 is 5.32 Å². The fourth-order valence-electron chi connectivity index (χ4n) is 2.23. The molecule has 1 aliphatic heterocycles. The van der Waals surface area contributed by atoms with Crippen LogP contribution in [0.25, 0.3) is 0 Å². The smallest absolute Gasteiger partial charge is 0.0305 e. The van der Waals surface area contributed by atoms with Crippen LogP contribution in [0.5, 0.6) is 0 Å². The zero-order valence-corrected chi connectivity index (χ0v) is 10.6. The molecule has 1 unspecified atom stereocenters. The Morgan fingerprint density at radius 2 is 2.19 bits per heavy atom. The summed E-state index contributed by atoms with van der Waals surface area (Å²) in [5, 5.41) is 3.42. The average Bonchev–Trinajstić information content (AvgIpc) is 2.70. The number of nitrogens with one attached hydrogen (secondary N) is 1. The van der Waals surface area contributed by atoms with Crippen LogP contribution in [0.4, 0.5) is 0 Å². The SMILES string of the molecule is CC(C)(C)c1cncc(CC2CCNC2)c1. The minimum Gasteiger partial charge on any atom is -0.316 e. The standard InChI is InChI=1S/C14H22N2/c1-14(2,3)13-7-12(9-16-10-13)6-11-4-5-15-8-11/h7,9-11,15H,4-6,8H2,1-3H3. The van der Waals surface area contributed by atoms with Crippen LogP contribution in [0.3, 0.4) is 0 Å². The van der Waals surface area contributed by atoms with Crippen molar-refractivity contribution in [3.8, 4) is 0 Å². The van der Waals surface area contributed by atoms with Gasteiger partial charge in [-0.2, -0.15) is 0 Å². The van der Waals surface area contributed by atoms with Gasteiger partial charge in [-0.3, -0.25) is 4.98 Å². The Hall–Kier alpha value is -0.890. The number of aromatic nitrogens is 1. The maximum atomic E-state index is 4.37. The van der Waals surface area contributed by atoms with E-state index in [4.69, 9.17) is 0 Å². The number of hydrogen-bond acceptors (Lipinski definition) is 2. The van der Waals surface area contributed by atoms with Crippen molar-refractivity contribution in [2.45, 2.75) is 39.0 Å². The third-order valence-corrected chi connectivity index (χ3v) is 3.35. The maximum Gasteiger partial charge on any atom is 0.0305 e. The third kappa shape index (κ3) is 2.82. The topological polar surface area (TPSA) is 24.9 Å². The number of pyridine rings is 1. The molecule has 1 fully saturated rings. The van der Waals surface area contributed by atoms with Crippen molar-refractivity contribution in [3.63, 3.8) is 0 Å². The minimum absolute atomic E-state index is 0.205. The van der Waals surface area contributed by atoms with Gasteiger partial charge in [0.05, 0.1) is 0 Å². The van der Waals surface area contributed by atoms with E-state index in [0.717, 1.165) is 5.92 Å². The van der Waals surface area contributed by atoms with Crippen molar-refractivity contribution in [2.75, 3.05) is 13.1 Å². The average molecular weight is 218 g/mol. The first-order valence-corrected chi connectivity index (χ1v) is 6.21. The van der Waals surface area contributed by atoms with Crippen molar-refractivity contribution in [1.29, 1.82) is 0 Å². The molecule has 1 saturated heterocycles. The normalized spacial score (nSPS) is 21.3. The lowest BCUT2D eigenvalue weighted by Crippen LogP contribution is -2.14. The van der Waals surface area contributed by atoms with Gasteiger partial charge in [0.25, 0.3) is 0 Å². The lowest BCUT2D eigenvalue weighted by Gasteiger charge is -2.19. The lowest BCUT2D eigenvalue weighted by molar-refractivity contribution is 0.567. The molecule has 1 aliphatic rings. The lowest BCUT2D eigenvalue weighted by atomic mass is 9.86. The van der Waals surface area contributed by atoms with Crippen LogP contribution >= 0.6 is 0 Å². The molecule has 2 heteroatoms. The van der Waals surface area contributed by atoms with Gasteiger partial charge in [0.2, 0.25) is 0 Å². The molecule has 0 radical (unpaired) electrons. The van der Waals surface area contributed by atoms with E-state index >= 15 is 0 Å². The highest BCUT2D eigenvalue weighted by atomic mass is 14.9. The molecule has 1 aromatic rings. The van der Waals surface area contributed by atoms with Gasteiger partial charge >= 0.3 is 0 Å². The van der Waals surface area contributed by atoms with E-state index in [9.17, 15) is 0 Å². The number of hydrogen-bond donors (Lipinski definition) is 1. The highest BCUT2D eigenvalue weighted by Gasteiger charge is 2.17. The van der Waals surface area contributed by atoms with E-state index in [0.29, 0.717) is 0 Å². The first-order valence-electron chi connectivity index (χ1n) is 6.21. The van der Waals surface area contributed by atoms with Crippen molar-refractivity contribution in [1.82, 2.24) is 10.3 Å². The van der Waals surface area contributed by atoms with E-state index in [-0.39, 0.29) is 5.41 Å². The number of rotatable bonds is 2. The van der Waals surface area contributed by atoms with E-state index in [2.05, 4.69) is 37.1 Å². The summed E-state index contributed by atoms with van der Waals surface area (Å²) < 4.78 is 0. The summed E-state index contributed by atoms with van der Waals surface area (Å²) in [6.45, 7) is 9.07. The van der Waals surface area contributed by atoms with Crippen molar-refractivity contribution in [3.05, 3.63) is 29.6 Å². The third-order valence-electron chi connectivity index (χ3n) is 3.35. The molecule has 2 rings (SSSR count). The van der Waals surface area contributed by atoms with Gasteiger partial charge in [-0.1, -0.05) is 26.8 Å². The van der Waals surface area contributed by atoms with Crippen LogP contribution in [0, 0.1) is 5.92 Å². The molecule has 1 aromatic heterocycles. The maximum absolute atomic E-state index is 4.37. The summed E-state index contributed by atoms with van der Waals surface area (Å²) in [5.41, 5.74) is 2.94. The molecule has 0 aromatic carbocycles. The summed E-state index contributed by atoms with van der Waals surface area (Å²) in [6, 6.07) is 2.32. The van der Waals surface area contributed by atoms with Gasteiger partial charge in [0.15, 0.2) is 0 Å². The number of nitrogens with zero attached hydrogens (tertiary/aromatic N) is 1. The fraction of sp³-hybridized carbons (Fsp3) is 0.643. The molecule has 0 aliphatic carbocycles. The zero-order valence-electron chi connectivity index (χ0n) is 10.6. The van der Waals surface area contributed by atoms with Gasteiger partial charge in [0.1, 0.15) is 0 Å². The van der Waals surface area contributed by atoms with Crippen LogP contribution in [0.15, 0.2) is 18.5 Å². The molecule has 0 saturated carbocycles. The predicted octanol–water partition coefficient (Wildman–Crippen LogP) is 2.53. The van der Waals surface area contributed by atoms with E-state index in [1.54, 1.807) is 0 Å². The molecule has 16 heavy (non-hydrogen) atoms. The van der Waals surface area contributed by atoms with Gasteiger partial charge in [-0.05, 0) is 48.4 Å². The van der Waals surface area contributed by atoms with Crippen LogP contribution in [0.1, 0.15) is 38.3 Å². The molecule has 2 nitrogen and oxygen atoms in total. The second-order valence-electron chi connectivity index (χ2n) is 5.89. The molecular formula is C14H22N2. The summed E-state index contributed by atoms with van der Waals surface area (Å²) in [7, 11) is 0. The Kier molecular flexibility index (Phi) is 3.29. The molecule has 0 amide bonds. The van der Waals surface area contributed by atoms with Crippen LogP contribution in [0.2, 0.25) is 0 Å². The van der Waals surface area contributed by atoms with Crippen molar-refractivity contribution < 1.29 is 0 Å². The minimum atomic E-state index is 0.205. The summed E-state index contributed by atoms with van der Waals surface area (Å²) in [5.74, 6) is 0.803. The predicted molar refractivity (Wildman–Crippen MR) is 67.6 cm³/mol. The summed E-state index contributed by atoms with van der Waals surface area (Å²) in [4.78, 5) is 4.37. The molecule has 1 atom stereocenters. The van der Waals surface area contributed by atoms with Crippen LogP contribution in [-0.2, 0) is 11.8 Å². The monoisotopic (exact) mass is 218 g/mol. The highest BCUT2D eigenvalue weighted by molar-refractivity contribution is 5.24.